The van der Waals surface area contributed by atoms with Crippen LogP contribution in [-0.2, 0) is 25.3 Å². The Morgan fingerprint density at radius 2 is 1.76 bits per heavy atom. The Hall–Kier alpha value is -3.49. The molecule has 0 aliphatic carbocycles. The fraction of sp³-hybridized carbons (Fsp3) is 0.350. The number of aryl methyl sites for hydroxylation is 1. The van der Waals surface area contributed by atoms with Crippen LogP contribution in [0.4, 0.5) is 0 Å². The number of ketones is 1. The third-order valence-electron chi connectivity index (χ3n) is 5.00. The van der Waals surface area contributed by atoms with Crippen molar-refractivity contribution in [2.75, 3.05) is 6.54 Å². The average Bonchev–Trinajstić information content (AvgIpc) is 3.15. The molecule has 0 saturated carbocycles. The van der Waals surface area contributed by atoms with Gasteiger partial charge in [0.2, 0.25) is 5.91 Å². The minimum Gasteiger partial charge on any atom is -0.356 e. The second-order valence-electron chi connectivity index (χ2n) is 7.00. The van der Waals surface area contributed by atoms with Gasteiger partial charge in [-0.2, -0.15) is 0 Å². The highest BCUT2D eigenvalue weighted by molar-refractivity contribution is 5.99. The molecule has 0 bridgehead atoms. The van der Waals surface area contributed by atoms with Crippen LogP contribution in [0, 0.1) is 0 Å². The number of aromatic nitrogens is 4. The number of fused-ring (bicyclic) bond motifs is 1. The predicted molar refractivity (Wildman–Crippen MR) is 108 cm³/mol. The zero-order valence-corrected chi connectivity index (χ0v) is 16.8. The van der Waals surface area contributed by atoms with E-state index in [1.54, 1.807) is 19.1 Å². The van der Waals surface area contributed by atoms with E-state index >= 15 is 0 Å². The quantitative estimate of drug-likeness (QED) is 0.612. The fourth-order valence-electron chi connectivity index (χ4n) is 3.24. The maximum absolute atomic E-state index is 13.0. The van der Waals surface area contributed by atoms with Crippen LogP contribution in [0.15, 0.2) is 40.2 Å². The minimum absolute atomic E-state index is 0.0816. The van der Waals surface area contributed by atoms with Gasteiger partial charge < -0.3 is 9.88 Å². The molecule has 9 nitrogen and oxygen atoms in total. The highest BCUT2D eigenvalue weighted by atomic mass is 16.2. The van der Waals surface area contributed by atoms with Crippen molar-refractivity contribution in [1.82, 2.24) is 24.0 Å². The number of amides is 1. The second-order valence-corrected chi connectivity index (χ2v) is 7.00. The van der Waals surface area contributed by atoms with Crippen molar-refractivity contribution in [3.05, 3.63) is 62.6 Å². The zero-order valence-electron chi connectivity index (χ0n) is 16.8. The molecule has 1 amide bonds. The lowest BCUT2D eigenvalue weighted by Gasteiger charge is -2.14. The van der Waals surface area contributed by atoms with E-state index in [0.29, 0.717) is 18.5 Å². The predicted octanol–water partition coefficient (Wildman–Crippen LogP) is 0.556. The van der Waals surface area contributed by atoms with Gasteiger partial charge in [0.05, 0.1) is 12.4 Å². The van der Waals surface area contributed by atoms with E-state index in [0.717, 1.165) is 10.1 Å². The first kappa shape index (κ1) is 20.2. The smallest absolute Gasteiger partial charge is 0.332 e. The first-order valence-corrected chi connectivity index (χ1v) is 9.22. The molecule has 3 rings (SSSR count). The molecule has 0 aliphatic rings. The Morgan fingerprint density at radius 3 is 2.38 bits per heavy atom. The van der Waals surface area contributed by atoms with Crippen molar-refractivity contribution in [3.8, 4) is 0 Å². The van der Waals surface area contributed by atoms with Gasteiger partial charge in [-0.25, -0.2) is 9.78 Å². The summed E-state index contributed by atoms with van der Waals surface area (Å²) in [5, 5.41) is 2.73. The molecular formula is C20H23N5O4. The van der Waals surface area contributed by atoms with Gasteiger partial charge in [0.25, 0.3) is 5.56 Å². The van der Waals surface area contributed by atoms with Crippen LogP contribution in [0.1, 0.15) is 35.8 Å². The summed E-state index contributed by atoms with van der Waals surface area (Å²) in [5.74, 6) is -0.254. The zero-order chi connectivity index (χ0) is 21.3. The van der Waals surface area contributed by atoms with E-state index in [-0.39, 0.29) is 22.9 Å². The minimum atomic E-state index is -0.671. The van der Waals surface area contributed by atoms with Gasteiger partial charge in [-0.05, 0) is 18.9 Å². The summed E-state index contributed by atoms with van der Waals surface area (Å²) >= 11 is 0. The molecule has 0 aliphatic heterocycles. The summed E-state index contributed by atoms with van der Waals surface area (Å²) in [6.45, 7) is 3.69. The Balaban J connectivity index is 1.88. The summed E-state index contributed by atoms with van der Waals surface area (Å²) in [6.07, 6.45) is 2.08. The lowest BCUT2D eigenvalue weighted by Crippen LogP contribution is -2.38. The largest absolute Gasteiger partial charge is 0.356 e. The van der Waals surface area contributed by atoms with Crippen molar-refractivity contribution in [2.45, 2.75) is 26.3 Å². The van der Waals surface area contributed by atoms with Crippen LogP contribution in [0.2, 0.25) is 0 Å². The molecule has 0 radical (unpaired) electrons. The number of rotatable bonds is 6. The number of nitrogens with one attached hydrogen (secondary N) is 1. The van der Waals surface area contributed by atoms with E-state index < -0.39 is 17.3 Å². The van der Waals surface area contributed by atoms with E-state index in [9.17, 15) is 19.2 Å². The number of nitrogens with zero attached hydrogens (tertiary/aromatic N) is 4. The van der Waals surface area contributed by atoms with Gasteiger partial charge in [-0.1, -0.05) is 24.3 Å². The molecule has 0 saturated heterocycles. The first-order valence-electron chi connectivity index (χ1n) is 9.22. The van der Waals surface area contributed by atoms with Crippen molar-refractivity contribution >= 4 is 22.9 Å². The molecule has 2 heterocycles. The van der Waals surface area contributed by atoms with Gasteiger partial charge in [0, 0.05) is 33.1 Å². The first-order chi connectivity index (χ1) is 13.7. The number of Topliss-reactive ketones (excluding diaryl/α,β-unsaturated/α-hetero) is 1. The van der Waals surface area contributed by atoms with Crippen molar-refractivity contribution in [2.24, 2.45) is 14.1 Å². The van der Waals surface area contributed by atoms with Gasteiger partial charge >= 0.3 is 5.69 Å². The van der Waals surface area contributed by atoms with Crippen LogP contribution in [-0.4, -0.2) is 36.9 Å². The van der Waals surface area contributed by atoms with Gasteiger partial charge in [-0.3, -0.25) is 23.5 Å². The summed E-state index contributed by atoms with van der Waals surface area (Å²) in [7, 11) is 2.93. The molecule has 9 heteroatoms. The summed E-state index contributed by atoms with van der Waals surface area (Å²) in [6, 6.07) is 6.48. The van der Waals surface area contributed by atoms with Crippen LogP contribution in [0.5, 0.6) is 0 Å². The third-order valence-corrected chi connectivity index (χ3v) is 5.00. The fourth-order valence-corrected chi connectivity index (χ4v) is 3.24. The molecule has 152 valence electrons. The van der Waals surface area contributed by atoms with Crippen molar-refractivity contribution in [3.63, 3.8) is 0 Å². The Bertz CT molecular complexity index is 1200. The molecule has 1 N–H and O–H groups in total. The summed E-state index contributed by atoms with van der Waals surface area (Å²) < 4.78 is 3.79. The SMILES string of the molecule is CC(=O)NCCc1ccc(C(=O)C(C)n2cnc3c2c(=O)n(C)c(=O)n3C)cc1. The molecule has 0 spiro atoms. The second kappa shape index (κ2) is 7.86. The third kappa shape index (κ3) is 3.75. The van der Waals surface area contributed by atoms with Gasteiger partial charge in [0.15, 0.2) is 16.9 Å². The van der Waals surface area contributed by atoms with Gasteiger partial charge in [0.1, 0.15) is 0 Å². The molecule has 2 aromatic heterocycles. The average molecular weight is 397 g/mol. The standard InChI is InChI=1S/C20H23N5O4/c1-12(17(27)15-7-5-14(6-8-15)9-10-21-13(2)26)25-11-22-18-16(25)19(28)24(4)20(29)23(18)3/h5-8,11-12H,9-10H2,1-4H3,(H,21,26). The van der Waals surface area contributed by atoms with Crippen LogP contribution in [0.25, 0.3) is 11.2 Å². The van der Waals surface area contributed by atoms with Crippen LogP contribution < -0.4 is 16.6 Å². The van der Waals surface area contributed by atoms with Crippen LogP contribution >= 0.6 is 0 Å². The van der Waals surface area contributed by atoms with Crippen LogP contribution in [0.3, 0.4) is 0 Å². The monoisotopic (exact) mass is 397 g/mol. The maximum Gasteiger partial charge on any atom is 0.332 e. The molecule has 29 heavy (non-hydrogen) atoms. The number of hydrogen-bond acceptors (Lipinski definition) is 5. The molecule has 1 unspecified atom stereocenters. The molecular weight excluding hydrogens is 374 g/mol. The number of carbonyl (C=O) groups is 2. The Kier molecular flexibility index (Phi) is 5.49. The topological polar surface area (TPSA) is 108 Å². The number of imidazole rings is 1. The van der Waals surface area contributed by atoms with Gasteiger partial charge in [-0.15, -0.1) is 0 Å². The van der Waals surface area contributed by atoms with E-state index in [1.165, 1.54) is 36.5 Å². The summed E-state index contributed by atoms with van der Waals surface area (Å²) in [4.78, 5) is 52.7. The highest BCUT2D eigenvalue weighted by Gasteiger charge is 2.22. The number of benzene rings is 1. The van der Waals surface area contributed by atoms with Crippen molar-refractivity contribution < 1.29 is 9.59 Å². The Labute approximate surface area is 166 Å². The van der Waals surface area contributed by atoms with E-state index in [4.69, 9.17) is 0 Å². The molecule has 1 atom stereocenters. The molecule has 0 fully saturated rings. The molecule has 1 aromatic carbocycles. The lowest BCUT2D eigenvalue weighted by molar-refractivity contribution is -0.118. The lowest BCUT2D eigenvalue weighted by atomic mass is 10.0. The van der Waals surface area contributed by atoms with Crippen molar-refractivity contribution in [1.29, 1.82) is 0 Å². The Morgan fingerprint density at radius 1 is 1.10 bits per heavy atom. The number of carbonyl (C=O) groups excluding carboxylic acids is 2. The van der Waals surface area contributed by atoms with E-state index in [1.807, 2.05) is 12.1 Å². The van der Waals surface area contributed by atoms with E-state index in [2.05, 4.69) is 10.3 Å². The highest BCUT2D eigenvalue weighted by Crippen LogP contribution is 2.18. The maximum atomic E-state index is 13.0. The number of hydrogen-bond donors (Lipinski definition) is 1. The molecule has 3 aromatic rings. The summed E-state index contributed by atoms with van der Waals surface area (Å²) in [5.41, 5.74) is 0.993. The normalized spacial score (nSPS) is 12.1.